The first-order valence-corrected chi connectivity index (χ1v) is 8.31. The summed E-state index contributed by atoms with van der Waals surface area (Å²) < 4.78 is 16.1. The molecule has 1 aromatic carbocycles. The van der Waals surface area contributed by atoms with Gasteiger partial charge in [-0.1, -0.05) is 19.1 Å². The number of carboxylic acid groups (broad SMARTS) is 1. The standard InChI is InChI=1S/C18H28O5/c1-2-16-7-9-17(10-8-16)23-14-5-3-4-11-21-12-6-13-22-15-18(19)20/h7-10H,2-6,11-15H2,1H3,(H,19,20). The Kier molecular flexibility index (Phi) is 10.9. The summed E-state index contributed by atoms with van der Waals surface area (Å²) in [7, 11) is 0. The quantitative estimate of drug-likeness (QED) is 0.532. The van der Waals surface area contributed by atoms with Gasteiger partial charge in [-0.2, -0.15) is 0 Å². The number of hydrogen-bond donors (Lipinski definition) is 1. The van der Waals surface area contributed by atoms with E-state index < -0.39 is 5.97 Å². The first kappa shape index (κ1) is 19.5. The molecule has 5 heteroatoms. The van der Waals surface area contributed by atoms with Gasteiger partial charge >= 0.3 is 5.97 Å². The fraction of sp³-hybridized carbons (Fsp3) is 0.611. The van der Waals surface area contributed by atoms with E-state index in [9.17, 15) is 4.79 Å². The van der Waals surface area contributed by atoms with Crippen LogP contribution in [0.25, 0.3) is 0 Å². The van der Waals surface area contributed by atoms with Gasteiger partial charge in [0.2, 0.25) is 0 Å². The largest absolute Gasteiger partial charge is 0.494 e. The van der Waals surface area contributed by atoms with Gasteiger partial charge in [-0.25, -0.2) is 4.79 Å². The van der Waals surface area contributed by atoms with Crippen molar-refractivity contribution in [2.24, 2.45) is 0 Å². The van der Waals surface area contributed by atoms with Gasteiger partial charge in [0.05, 0.1) is 6.61 Å². The van der Waals surface area contributed by atoms with Crippen molar-refractivity contribution in [1.29, 1.82) is 0 Å². The topological polar surface area (TPSA) is 65.0 Å². The van der Waals surface area contributed by atoms with E-state index in [1.165, 1.54) is 5.56 Å². The third-order valence-corrected chi connectivity index (χ3v) is 3.34. The van der Waals surface area contributed by atoms with Crippen LogP contribution in [0, 0.1) is 0 Å². The molecule has 0 fully saturated rings. The maximum atomic E-state index is 10.2. The van der Waals surface area contributed by atoms with Gasteiger partial charge in [-0.05, 0) is 49.8 Å². The van der Waals surface area contributed by atoms with Gasteiger partial charge in [0, 0.05) is 19.8 Å². The molecule has 130 valence electrons. The van der Waals surface area contributed by atoms with Crippen LogP contribution >= 0.6 is 0 Å². The zero-order valence-electron chi connectivity index (χ0n) is 14.0. The number of carboxylic acids is 1. The highest BCUT2D eigenvalue weighted by molar-refractivity contribution is 5.67. The minimum atomic E-state index is -0.936. The summed E-state index contributed by atoms with van der Waals surface area (Å²) in [5, 5.41) is 8.39. The SMILES string of the molecule is CCc1ccc(OCCCCCOCCCOCC(=O)O)cc1. The molecule has 0 saturated carbocycles. The maximum Gasteiger partial charge on any atom is 0.329 e. The molecule has 1 N–H and O–H groups in total. The van der Waals surface area contributed by atoms with Crippen LogP contribution in [-0.2, 0) is 20.7 Å². The van der Waals surface area contributed by atoms with E-state index in [4.69, 9.17) is 19.3 Å². The lowest BCUT2D eigenvalue weighted by Crippen LogP contribution is -2.09. The van der Waals surface area contributed by atoms with E-state index in [1.807, 2.05) is 12.1 Å². The minimum Gasteiger partial charge on any atom is -0.494 e. The molecule has 0 spiro atoms. The van der Waals surface area contributed by atoms with E-state index in [2.05, 4.69) is 19.1 Å². The second kappa shape index (κ2) is 12.9. The third-order valence-electron chi connectivity index (χ3n) is 3.34. The van der Waals surface area contributed by atoms with Crippen molar-refractivity contribution in [2.45, 2.75) is 39.0 Å². The van der Waals surface area contributed by atoms with Crippen LogP contribution in [0.15, 0.2) is 24.3 Å². The summed E-state index contributed by atoms with van der Waals surface area (Å²) in [4.78, 5) is 10.2. The van der Waals surface area contributed by atoms with Crippen LogP contribution in [0.5, 0.6) is 5.75 Å². The summed E-state index contributed by atoms with van der Waals surface area (Å²) in [5.74, 6) is -0.00532. The molecule has 0 aromatic heterocycles. The zero-order chi connectivity index (χ0) is 16.8. The number of carbonyl (C=O) groups is 1. The predicted octanol–water partition coefficient (Wildman–Crippen LogP) is 3.31. The first-order valence-electron chi connectivity index (χ1n) is 8.31. The summed E-state index contributed by atoms with van der Waals surface area (Å²) in [6, 6.07) is 8.25. The number of ether oxygens (including phenoxy) is 3. The number of benzene rings is 1. The van der Waals surface area contributed by atoms with Crippen molar-refractivity contribution in [2.75, 3.05) is 33.0 Å². The van der Waals surface area contributed by atoms with Gasteiger partial charge in [0.1, 0.15) is 12.4 Å². The highest BCUT2D eigenvalue weighted by atomic mass is 16.5. The van der Waals surface area contributed by atoms with Crippen LogP contribution in [0.3, 0.4) is 0 Å². The Labute approximate surface area is 138 Å². The Morgan fingerprint density at radius 3 is 2.26 bits per heavy atom. The van der Waals surface area contributed by atoms with Crippen LogP contribution in [0.4, 0.5) is 0 Å². The summed E-state index contributed by atoms with van der Waals surface area (Å²) >= 11 is 0. The second-order valence-corrected chi connectivity index (χ2v) is 5.32. The number of rotatable bonds is 14. The molecule has 1 rings (SSSR count). The minimum absolute atomic E-state index is 0.235. The molecule has 0 heterocycles. The van der Waals surface area contributed by atoms with Crippen molar-refractivity contribution < 1.29 is 24.1 Å². The third kappa shape index (κ3) is 10.7. The average molecular weight is 324 g/mol. The Bertz CT molecular complexity index is 416. The molecule has 0 amide bonds. The van der Waals surface area contributed by atoms with E-state index in [-0.39, 0.29) is 6.61 Å². The molecule has 0 radical (unpaired) electrons. The molecule has 0 bridgehead atoms. The number of unbranched alkanes of at least 4 members (excludes halogenated alkanes) is 2. The van der Waals surface area contributed by atoms with Gasteiger partial charge in [0.15, 0.2) is 0 Å². The van der Waals surface area contributed by atoms with Crippen LogP contribution in [-0.4, -0.2) is 44.1 Å². The molecule has 0 saturated heterocycles. The predicted molar refractivity (Wildman–Crippen MR) is 89.1 cm³/mol. The lowest BCUT2D eigenvalue weighted by molar-refractivity contribution is -0.142. The summed E-state index contributed by atoms with van der Waals surface area (Å²) in [5.41, 5.74) is 1.32. The second-order valence-electron chi connectivity index (χ2n) is 5.32. The number of aliphatic carboxylic acids is 1. The van der Waals surface area contributed by atoms with Crippen molar-refractivity contribution in [3.63, 3.8) is 0 Å². The van der Waals surface area contributed by atoms with Gasteiger partial charge < -0.3 is 19.3 Å². The van der Waals surface area contributed by atoms with Gasteiger partial charge in [-0.3, -0.25) is 0 Å². The van der Waals surface area contributed by atoms with Crippen molar-refractivity contribution in [3.8, 4) is 5.75 Å². The zero-order valence-corrected chi connectivity index (χ0v) is 14.0. The monoisotopic (exact) mass is 324 g/mol. The van der Waals surface area contributed by atoms with Crippen LogP contribution < -0.4 is 4.74 Å². The lowest BCUT2D eigenvalue weighted by atomic mass is 10.2. The fourth-order valence-corrected chi connectivity index (χ4v) is 2.02. The molecular weight excluding hydrogens is 296 g/mol. The van der Waals surface area contributed by atoms with Gasteiger partial charge in [0.25, 0.3) is 0 Å². The first-order chi connectivity index (χ1) is 11.2. The van der Waals surface area contributed by atoms with E-state index in [1.54, 1.807) is 0 Å². The van der Waals surface area contributed by atoms with Crippen molar-refractivity contribution >= 4 is 5.97 Å². The Morgan fingerprint density at radius 1 is 0.913 bits per heavy atom. The molecular formula is C18H28O5. The molecule has 0 aliphatic carbocycles. The maximum absolute atomic E-state index is 10.2. The average Bonchev–Trinajstić information content (AvgIpc) is 2.56. The molecule has 0 aliphatic heterocycles. The van der Waals surface area contributed by atoms with Crippen LogP contribution in [0.1, 0.15) is 38.2 Å². The van der Waals surface area contributed by atoms with Crippen molar-refractivity contribution in [3.05, 3.63) is 29.8 Å². The Balaban J connectivity index is 1.85. The highest BCUT2D eigenvalue weighted by Crippen LogP contribution is 2.13. The molecule has 23 heavy (non-hydrogen) atoms. The highest BCUT2D eigenvalue weighted by Gasteiger charge is 1.97. The summed E-state index contributed by atoms with van der Waals surface area (Å²) in [6.07, 6.45) is 4.87. The Hall–Kier alpha value is -1.59. The van der Waals surface area contributed by atoms with Gasteiger partial charge in [-0.15, -0.1) is 0 Å². The Morgan fingerprint density at radius 2 is 1.57 bits per heavy atom. The summed E-state index contributed by atoms with van der Waals surface area (Å²) in [6.45, 7) is 4.40. The fourth-order valence-electron chi connectivity index (χ4n) is 2.02. The normalized spacial score (nSPS) is 10.7. The van der Waals surface area contributed by atoms with Crippen molar-refractivity contribution in [1.82, 2.24) is 0 Å². The number of hydrogen-bond acceptors (Lipinski definition) is 4. The molecule has 0 unspecified atom stereocenters. The van der Waals surface area contributed by atoms with E-state index in [0.29, 0.717) is 13.2 Å². The van der Waals surface area contributed by atoms with E-state index >= 15 is 0 Å². The molecule has 1 aromatic rings. The van der Waals surface area contributed by atoms with E-state index in [0.717, 1.165) is 51.1 Å². The molecule has 0 atom stereocenters. The van der Waals surface area contributed by atoms with Crippen LogP contribution in [0.2, 0.25) is 0 Å². The molecule has 0 aliphatic rings. The lowest BCUT2D eigenvalue weighted by Gasteiger charge is -2.07. The molecule has 5 nitrogen and oxygen atoms in total. The smallest absolute Gasteiger partial charge is 0.329 e. The number of aryl methyl sites for hydroxylation is 1.